The molecule has 0 unspecified atom stereocenters. The molecule has 1 aromatic rings. The van der Waals surface area contributed by atoms with Crippen molar-refractivity contribution in [1.82, 2.24) is 5.32 Å². The smallest absolute Gasteiger partial charge is 0.341 e. The Kier molecular flexibility index (Phi) is 6.48. The maximum absolute atomic E-state index is 11.5. The number of ether oxygens (including phenoxy) is 1. The lowest BCUT2D eigenvalue weighted by Crippen LogP contribution is -2.29. The Bertz CT molecular complexity index is 491. The molecule has 0 aliphatic carbocycles. The van der Waals surface area contributed by atoms with Crippen LogP contribution in [-0.2, 0) is 4.79 Å². The Labute approximate surface area is 117 Å². The lowest BCUT2D eigenvalue weighted by atomic mass is 10.3. The number of amides is 2. The molecule has 0 heterocycles. The van der Waals surface area contributed by atoms with Crippen LogP contribution in [0.25, 0.3) is 0 Å². The minimum Gasteiger partial charge on any atom is -0.482 e. The zero-order valence-electron chi connectivity index (χ0n) is 10.9. The average molecular weight is 276 g/mol. The molecule has 0 saturated carbocycles. The molecule has 2 amide bonds. The van der Waals surface area contributed by atoms with Gasteiger partial charge in [-0.05, 0) is 30.7 Å². The third-order valence-electron chi connectivity index (χ3n) is 2.26. The minimum atomic E-state index is -1.04. The first-order valence-electron chi connectivity index (χ1n) is 6.05. The maximum atomic E-state index is 11.5. The predicted octanol–water partition coefficient (Wildman–Crippen LogP) is 1.68. The molecule has 1 aromatic carbocycles. The predicted molar refractivity (Wildman–Crippen MR) is 74.7 cm³/mol. The molecule has 20 heavy (non-hydrogen) atoms. The summed E-state index contributed by atoms with van der Waals surface area (Å²) in [6, 6.07) is 6.09. The summed E-state index contributed by atoms with van der Waals surface area (Å²) in [5.74, 6) is 1.87. The molecule has 0 atom stereocenters. The zero-order valence-corrected chi connectivity index (χ0v) is 10.9. The van der Waals surface area contributed by atoms with Gasteiger partial charge in [0.25, 0.3) is 0 Å². The second kappa shape index (κ2) is 8.43. The number of anilines is 1. The van der Waals surface area contributed by atoms with Crippen LogP contribution >= 0.6 is 0 Å². The van der Waals surface area contributed by atoms with Crippen LogP contribution in [0.15, 0.2) is 24.3 Å². The Morgan fingerprint density at radius 1 is 1.30 bits per heavy atom. The third-order valence-corrected chi connectivity index (χ3v) is 2.26. The van der Waals surface area contributed by atoms with E-state index in [-0.39, 0.29) is 6.03 Å². The Hall–Kier alpha value is -2.68. The van der Waals surface area contributed by atoms with E-state index in [1.807, 2.05) is 0 Å². The van der Waals surface area contributed by atoms with Crippen LogP contribution in [0.2, 0.25) is 0 Å². The van der Waals surface area contributed by atoms with Crippen molar-refractivity contribution < 1.29 is 19.4 Å². The summed E-state index contributed by atoms with van der Waals surface area (Å²) in [7, 11) is 0. The second-order valence-corrected chi connectivity index (χ2v) is 3.90. The summed E-state index contributed by atoms with van der Waals surface area (Å²) < 4.78 is 4.97. The number of carboxylic acids is 1. The van der Waals surface area contributed by atoms with Gasteiger partial charge in [-0.25, -0.2) is 9.59 Å². The number of carbonyl (C=O) groups excluding carboxylic acids is 1. The SMILES string of the molecule is C#CCCCNC(=O)Nc1ccc(OCC(=O)O)cc1. The second-order valence-electron chi connectivity index (χ2n) is 3.90. The molecule has 106 valence electrons. The summed E-state index contributed by atoms with van der Waals surface area (Å²) >= 11 is 0. The highest BCUT2D eigenvalue weighted by Gasteiger charge is 2.02. The third kappa shape index (κ3) is 6.31. The molecule has 0 fully saturated rings. The molecule has 0 aromatic heterocycles. The first-order valence-corrected chi connectivity index (χ1v) is 6.05. The van der Waals surface area contributed by atoms with Gasteiger partial charge in [0.1, 0.15) is 5.75 Å². The quantitative estimate of drug-likeness (QED) is 0.522. The molecule has 6 heteroatoms. The number of urea groups is 1. The van der Waals surface area contributed by atoms with Crippen molar-refractivity contribution in [1.29, 1.82) is 0 Å². The van der Waals surface area contributed by atoms with Gasteiger partial charge in [0.15, 0.2) is 6.61 Å². The van der Waals surface area contributed by atoms with Crippen molar-refractivity contribution in [3.8, 4) is 18.1 Å². The summed E-state index contributed by atoms with van der Waals surface area (Å²) in [4.78, 5) is 21.8. The topological polar surface area (TPSA) is 87.7 Å². The summed E-state index contributed by atoms with van der Waals surface area (Å²) in [5, 5.41) is 13.8. The van der Waals surface area contributed by atoms with Crippen LogP contribution < -0.4 is 15.4 Å². The van der Waals surface area contributed by atoms with E-state index < -0.39 is 12.6 Å². The van der Waals surface area contributed by atoms with E-state index in [0.29, 0.717) is 24.4 Å². The van der Waals surface area contributed by atoms with Gasteiger partial charge in [-0.1, -0.05) is 0 Å². The van der Waals surface area contributed by atoms with E-state index in [1.165, 1.54) is 0 Å². The monoisotopic (exact) mass is 276 g/mol. The molecule has 1 rings (SSSR count). The molecule has 6 nitrogen and oxygen atoms in total. The molecule has 0 aliphatic heterocycles. The highest BCUT2D eigenvalue weighted by Crippen LogP contribution is 2.15. The molecular weight excluding hydrogens is 260 g/mol. The number of rotatable bonds is 7. The minimum absolute atomic E-state index is 0.318. The molecule has 0 spiro atoms. The van der Waals surface area contributed by atoms with Gasteiger partial charge in [0.05, 0.1) is 0 Å². The zero-order chi connectivity index (χ0) is 14.8. The number of carboxylic acid groups (broad SMARTS) is 1. The average Bonchev–Trinajstić information content (AvgIpc) is 2.43. The highest BCUT2D eigenvalue weighted by atomic mass is 16.5. The number of benzene rings is 1. The fourth-order valence-corrected chi connectivity index (χ4v) is 1.35. The number of aliphatic carboxylic acids is 1. The number of hydrogen-bond acceptors (Lipinski definition) is 3. The van der Waals surface area contributed by atoms with Gasteiger partial charge in [0, 0.05) is 18.7 Å². The first kappa shape index (κ1) is 15.4. The van der Waals surface area contributed by atoms with Crippen molar-refractivity contribution in [2.45, 2.75) is 12.8 Å². The van der Waals surface area contributed by atoms with Crippen molar-refractivity contribution in [2.24, 2.45) is 0 Å². The van der Waals surface area contributed by atoms with E-state index in [9.17, 15) is 9.59 Å². The Morgan fingerprint density at radius 3 is 2.60 bits per heavy atom. The van der Waals surface area contributed by atoms with Gasteiger partial charge in [-0.2, -0.15) is 0 Å². The van der Waals surface area contributed by atoms with Gasteiger partial charge >= 0.3 is 12.0 Å². The number of unbranched alkanes of at least 4 members (excludes halogenated alkanes) is 1. The summed E-state index contributed by atoms with van der Waals surface area (Å²) in [5.41, 5.74) is 0.585. The summed E-state index contributed by atoms with van der Waals surface area (Å²) in [6.45, 7) is 0.109. The maximum Gasteiger partial charge on any atom is 0.341 e. The van der Waals surface area contributed by atoms with Crippen molar-refractivity contribution >= 4 is 17.7 Å². The van der Waals surface area contributed by atoms with Crippen LogP contribution in [0, 0.1) is 12.3 Å². The number of terminal acetylenes is 1. The molecule has 0 saturated heterocycles. The van der Waals surface area contributed by atoms with Crippen molar-refractivity contribution in [2.75, 3.05) is 18.5 Å². The van der Waals surface area contributed by atoms with Crippen LogP contribution in [-0.4, -0.2) is 30.3 Å². The van der Waals surface area contributed by atoms with E-state index in [1.54, 1.807) is 24.3 Å². The first-order chi connectivity index (χ1) is 9.61. The Morgan fingerprint density at radius 2 is 2.00 bits per heavy atom. The Balaban J connectivity index is 2.35. The fourth-order valence-electron chi connectivity index (χ4n) is 1.35. The number of hydrogen-bond donors (Lipinski definition) is 3. The van der Waals surface area contributed by atoms with Gasteiger partial charge in [0.2, 0.25) is 0 Å². The van der Waals surface area contributed by atoms with Gasteiger partial charge in [-0.3, -0.25) is 0 Å². The van der Waals surface area contributed by atoms with Gasteiger partial charge < -0.3 is 20.5 Å². The van der Waals surface area contributed by atoms with E-state index in [0.717, 1.165) is 6.42 Å². The van der Waals surface area contributed by atoms with E-state index in [2.05, 4.69) is 16.6 Å². The normalized spacial score (nSPS) is 9.35. The standard InChI is InChI=1S/C14H16N2O4/c1-2-3-4-9-15-14(19)16-11-5-7-12(8-6-11)20-10-13(17)18/h1,5-8H,3-4,9-10H2,(H,17,18)(H2,15,16,19). The van der Waals surface area contributed by atoms with Crippen LogP contribution in [0.5, 0.6) is 5.75 Å². The van der Waals surface area contributed by atoms with Crippen molar-refractivity contribution in [3.05, 3.63) is 24.3 Å². The molecule has 0 bridgehead atoms. The van der Waals surface area contributed by atoms with Crippen LogP contribution in [0.1, 0.15) is 12.8 Å². The largest absolute Gasteiger partial charge is 0.482 e. The molecular formula is C14H16N2O4. The molecule has 0 aliphatic rings. The number of nitrogens with one attached hydrogen (secondary N) is 2. The lowest BCUT2D eigenvalue weighted by Gasteiger charge is -2.08. The van der Waals surface area contributed by atoms with Crippen LogP contribution in [0.3, 0.4) is 0 Å². The lowest BCUT2D eigenvalue weighted by molar-refractivity contribution is -0.139. The molecule has 0 radical (unpaired) electrons. The summed E-state index contributed by atoms with van der Waals surface area (Å²) in [6.07, 6.45) is 6.45. The van der Waals surface area contributed by atoms with Crippen molar-refractivity contribution in [3.63, 3.8) is 0 Å². The van der Waals surface area contributed by atoms with Crippen LogP contribution in [0.4, 0.5) is 10.5 Å². The molecule has 3 N–H and O–H groups in total. The van der Waals surface area contributed by atoms with Gasteiger partial charge in [-0.15, -0.1) is 12.3 Å². The van der Waals surface area contributed by atoms with E-state index in [4.69, 9.17) is 16.3 Å². The highest BCUT2D eigenvalue weighted by molar-refractivity contribution is 5.89. The number of carbonyl (C=O) groups is 2. The van der Waals surface area contributed by atoms with E-state index >= 15 is 0 Å². The fraction of sp³-hybridized carbons (Fsp3) is 0.286.